The summed E-state index contributed by atoms with van der Waals surface area (Å²) in [5.74, 6) is -1.08. The minimum atomic E-state index is -1.08. The number of benzene rings is 1. The average molecular weight is 336 g/mol. The molecule has 2 aromatic heterocycles. The minimum absolute atomic E-state index is 0.0732. The Morgan fingerprint density at radius 1 is 1.24 bits per heavy atom. The van der Waals surface area contributed by atoms with E-state index >= 15 is 0 Å². The number of pyridine rings is 2. The third kappa shape index (κ3) is 3.42. The number of carbonyl (C=O) groups excluding carboxylic acids is 1. The van der Waals surface area contributed by atoms with Gasteiger partial charge < -0.3 is 10.1 Å². The summed E-state index contributed by atoms with van der Waals surface area (Å²) in [5.41, 5.74) is 3.64. The summed E-state index contributed by atoms with van der Waals surface area (Å²) in [6.45, 7) is 0. The number of hydrazone groups is 1. The fraction of sp³-hybridized carbons (Fsp3) is 0. The fourth-order valence-electron chi connectivity index (χ4n) is 2.28. The number of nitrogens with one attached hydrogen (secondary N) is 2. The Labute approximate surface area is 140 Å². The van der Waals surface area contributed by atoms with Gasteiger partial charge in [0.1, 0.15) is 5.65 Å². The van der Waals surface area contributed by atoms with Crippen molar-refractivity contribution in [3.63, 3.8) is 0 Å². The fourth-order valence-corrected chi connectivity index (χ4v) is 2.28. The van der Waals surface area contributed by atoms with Crippen molar-refractivity contribution in [1.29, 1.82) is 0 Å². The van der Waals surface area contributed by atoms with Gasteiger partial charge in [0.05, 0.1) is 23.2 Å². The Bertz CT molecular complexity index is 1060. The molecule has 0 radical (unpaired) electrons. The number of carboxylic acid groups (broad SMARTS) is 1. The van der Waals surface area contributed by atoms with Crippen LogP contribution in [-0.4, -0.2) is 33.5 Å². The van der Waals surface area contributed by atoms with E-state index in [1.165, 1.54) is 30.5 Å². The van der Waals surface area contributed by atoms with Crippen LogP contribution in [-0.2, 0) is 0 Å². The molecule has 0 spiro atoms. The van der Waals surface area contributed by atoms with Gasteiger partial charge in [0.25, 0.3) is 0 Å². The molecule has 0 fully saturated rings. The maximum atomic E-state index is 11.4. The van der Waals surface area contributed by atoms with Gasteiger partial charge in [-0.2, -0.15) is 5.10 Å². The third-order valence-corrected chi connectivity index (χ3v) is 3.42. The molecule has 25 heavy (non-hydrogen) atoms. The Kier molecular flexibility index (Phi) is 4.34. The number of nitrogens with zero attached hydrogens (tertiary/aromatic N) is 2. The van der Waals surface area contributed by atoms with Gasteiger partial charge in [-0.25, -0.2) is 9.78 Å². The van der Waals surface area contributed by atoms with E-state index in [2.05, 4.69) is 20.5 Å². The van der Waals surface area contributed by atoms with Crippen molar-refractivity contribution in [3.8, 4) is 0 Å². The van der Waals surface area contributed by atoms with E-state index in [9.17, 15) is 14.4 Å². The number of hydrogen-bond donors (Lipinski definition) is 3. The number of anilines is 1. The lowest BCUT2D eigenvalue weighted by atomic mass is 10.1. The van der Waals surface area contributed by atoms with Crippen molar-refractivity contribution in [2.45, 2.75) is 0 Å². The molecule has 0 unspecified atom stereocenters. The van der Waals surface area contributed by atoms with Gasteiger partial charge in [0.15, 0.2) is 6.29 Å². The molecular formula is C17H12N4O4. The summed E-state index contributed by atoms with van der Waals surface area (Å²) in [6, 6.07) is 10.7. The minimum Gasteiger partial charge on any atom is -0.478 e. The Morgan fingerprint density at radius 3 is 2.80 bits per heavy atom. The van der Waals surface area contributed by atoms with E-state index in [4.69, 9.17) is 5.11 Å². The summed E-state index contributed by atoms with van der Waals surface area (Å²) in [7, 11) is 0. The number of aromatic amines is 1. The summed E-state index contributed by atoms with van der Waals surface area (Å²) < 4.78 is 0. The highest BCUT2D eigenvalue weighted by Gasteiger charge is 2.08. The maximum absolute atomic E-state index is 11.4. The number of aromatic nitrogens is 2. The van der Waals surface area contributed by atoms with E-state index < -0.39 is 5.97 Å². The Morgan fingerprint density at radius 2 is 2.04 bits per heavy atom. The molecule has 8 heteroatoms. The van der Waals surface area contributed by atoms with E-state index in [0.29, 0.717) is 28.6 Å². The first-order valence-corrected chi connectivity index (χ1v) is 7.19. The van der Waals surface area contributed by atoms with Crippen LogP contribution in [0, 0.1) is 0 Å². The van der Waals surface area contributed by atoms with Gasteiger partial charge in [-0.15, -0.1) is 0 Å². The number of carbonyl (C=O) groups is 2. The van der Waals surface area contributed by atoms with Crippen molar-refractivity contribution in [1.82, 2.24) is 9.97 Å². The molecule has 0 amide bonds. The molecule has 0 bridgehead atoms. The molecule has 0 aliphatic rings. The second-order valence-corrected chi connectivity index (χ2v) is 5.06. The lowest BCUT2D eigenvalue weighted by molar-refractivity contribution is 0.0697. The van der Waals surface area contributed by atoms with Gasteiger partial charge in [-0.05, 0) is 24.3 Å². The first-order valence-electron chi connectivity index (χ1n) is 7.19. The van der Waals surface area contributed by atoms with Crippen molar-refractivity contribution >= 4 is 35.2 Å². The zero-order valence-electron chi connectivity index (χ0n) is 12.8. The van der Waals surface area contributed by atoms with Crippen LogP contribution in [0.2, 0.25) is 0 Å². The number of H-pyrrole nitrogens is 1. The van der Waals surface area contributed by atoms with Crippen LogP contribution in [0.4, 0.5) is 5.69 Å². The lowest BCUT2D eigenvalue weighted by Gasteiger charge is -2.05. The number of aromatic carboxylic acids is 1. The molecule has 0 aliphatic carbocycles. The first-order chi connectivity index (χ1) is 12.1. The van der Waals surface area contributed by atoms with Crippen LogP contribution >= 0.6 is 0 Å². The average Bonchev–Trinajstić information content (AvgIpc) is 2.61. The van der Waals surface area contributed by atoms with Gasteiger partial charge in [0, 0.05) is 17.0 Å². The number of aldehydes is 1. The van der Waals surface area contributed by atoms with Crippen molar-refractivity contribution < 1.29 is 14.7 Å². The van der Waals surface area contributed by atoms with Gasteiger partial charge in [-0.1, -0.05) is 12.1 Å². The molecule has 2 heterocycles. The molecular weight excluding hydrogens is 324 g/mol. The van der Waals surface area contributed by atoms with Crippen molar-refractivity contribution in [2.24, 2.45) is 5.10 Å². The van der Waals surface area contributed by atoms with E-state index in [-0.39, 0.29) is 16.8 Å². The molecule has 0 saturated heterocycles. The predicted molar refractivity (Wildman–Crippen MR) is 92.4 cm³/mol. The number of para-hydroxylation sites is 1. The maximum Gasteiger partial charge on any atom is 0.337 e. The topological polar surface area (TPSA) is 125 Å². The van der Waals surface area contributed by atoms with Crippen LogP contribution in [0.25, 0.3) is 11.0 Å². The van der Waals surface area contributed by atoms with E-state index in [1.807, 2.05) is 0 Å². The number of rotatable bonds is 5. The predicted octanol–water partition coefficient (Wildman–Crippen LogP) is 1.88. The number of carboxylic acids is 1. The summed E-state index contributed by atoms with van der Waals surface area (Å²) in [5, 5.41) is 13.6. The molecule has 124 valence electrons. The van der Waals surface area contributed by atoms with Crippen LogP contribution in [0.1, 0.15) is 26.4 Å². The molecule has 3 aromatic rings. The third-order valence-electron chi connectivity index (χ3n) is 3.42. The molecule has 3 rings (SSSR count). The van der Waals surface area contributed by atoms with Crippen LogP contribution in [0.15, 0.2) is 52.4 Å². The molecule has 8 nitrogen and oxygen atoms in total. The highest BCUT2D eigenvalue weighted by atomic mass is 16.4. The van der Waals surface area contributed by atoms with E-state index in [0.717, 1.165) is 0 Å². The van der Waals surface area contributed by atoms with Gasteiger partial charge in [0.2, 0.25) is 5.56 Å². The second kappa shape index (κ2) is 6.75. The van der Waals surface area contributed by atoms with Crippen molar-refractivity contribution in [2.75, 3.05) is 5.43 Å². The first kappa shape index (κ1) is 16.1. The smallest absolute Gasteiger partial charge is 0.337 e. The molecule has 0 saturated carbocycles. The van der Waals surface area contributed by atoms with Crippen LogP contribution < -0.4 is 11.0 Å². The summed E-state index contributed by atoms with van der Waals surface area (Å²) in [6.07, 6.45) is 1.99. The Hall–Kier alpha value is -3.81. The molecule has 0 aliphatic heterocycles. The van der Waals surface area contributed by atoms with Gasteiger partial charge in [-0.3, -0.25) is 15.0 Å². The number of fused-ring (bicyclic) bond motifs is 1. The summed E-state index contributed by atoms with van der Waals surface area (Å²) in [4.78, 5) is 40.5. The summed E-state index contributed by atoms with van der Waals surface area (Å²) >= 11 is 0. The highest BCUT2D eigenvalue weighted by molar-refractivity contribution is 5.97. The lowest BCUT2D eigenvalue weighted by Crippen LogP contribution is -2.06. The normalized spacial score (nSPS) is 10.9. The monoisotopic (exact) mass is 336 g/mol. The van der Waals surface area contributed by atoms with Crippen LogP contribution in [0.3, 0.4) is 0 Å². The molecule has 1 aromatic carbocycles. The Balaban J connectivity index is 1.93. The van der Waals surface area contributed by atoms with Crippen molar-refractivity contribution in [3.05, 3.63) is 69.6 Å². The van der Waals surface area contributed by atoms with Crippen LogP contribution in [0.5, 0.6) is 0 Å². The zero-order valence-corrected chi connectivity index (χ0v) is 12.8. The van der Waals surface area contributed by atoms with Gasteiger partial charge >= 0.3 is 5.97 Å². The molecule has 3 N–H and O–H groups in total. The largest absolute Gasteiger partial charge is 0.478 e. The standard InChI is InChI=1S/C17H12N4O4/c22-9-10-7-11(19-16-12(10)5-6-15(23)20-16)8-18-21-14-4-2-1-3-13(14)17(24)25/h1-9,21H,(H,24,25)(H,19,20,23)/b18-8+. The van der Waals surface area contributed by atoms with E-state index in [1.54, 1.807) is 18.2 Å². The zero-order chi connectivity index (χ0) is 17.8. The molecule has 0 atom stereocenters. The second-order valence-electron chi connectivity index (χ2n) is 5.06. The number of hydrogen-bond acceptors (Lipinski definition) is 6. The quantitative estimate of drug-likeness (QED) is 0.371. The highest BCUT2D eigenvalue weighted by Crippen LogP contribution is 2.15. The SMILES string of the molecule is O=Cc1cc(/C=N/Nc2ccccc2C(=O)O)nc2[nH]c(=O)ccc12.